The third-order valence-electron chi connectivity index (χ3n) is 13.2. The largest absolute Gasteiger partial charge is 0.332 e. The first-order chi connectivity index (χ1) is 33.3. The van der Waals surface area contributed by atoms with Crippen molar-refractivity contribution in [3.8, 4) is 35.1 Å². The minimum Gasteiger partial charge on any atom is -0.332 e. The number of piperidine rings is 1. The number of fused-ring (bicyclic) bond motifs is 3. The lowest BCUT2D eigenvalue weighted by molar-refractivity contribution is -0.136. The van der Waals surface area contributed by atoms with E-state index in [0.29, 0.717) is 49.4 Å². The predicted molar refractivity (Wildman–Crippen MR) is 261 cm³/mol. The SMILES string of the molecule is O=C1CCC(N2Cc3cc(C#CCCCN4CCN(CC#Cc5ccc(/C=C/c6ccc(C(=O)N7CCc8cnc(-c9cnc%10ccccc%10c9)nc8C7)cc6)cc5)CC4)ccc3C2=O)C(=O)N1. The van der Waals surface area contributed by atoms with E-state index in [1.807, 2.05) is 71.8 Å². The van der Waals surface area contributed by atoms with E-state index in [0.717, 1.165) is 108 Å². The number of carbonyl (C=O) groups excluding carboxylic acids is 4. The van der Waals surface area contributed by atoms with Gasteiger partial charge in [-0.1, -0.05) is 78.3 Å². The number of imide groups is 1. The lowest BCUT2D eigenvalue weighted by atomic mass is 10.0. The highest BCUT2D eigenvalue weighted by atomic mass is 16.2. The molecule has 4 amide bonds. The molecule has 4 aliphatic rings. The molecule has 12 heteroatoms. The third kappa shape index (κ3) is 10.1. The number of amides is 4. The lowest BCUT2D eigenvalue weighted by Crippen LogP contribution is -2.52. The van der Waals surface area contributed by atoms with Crippen molar-refractivity contribution in [1.29, 1.82) is 0 Å². The van der Waals surface area contributed by atoms with Crippen LogP contribution in [-0.2, 0) is 29.1 Å². The number of nitrogens with one attached hydrogen (secondary N) is 1. The first-order valence-corrected chi connectivity index (χ1v) is 23.4. The van der Waals surface area contributed by atoms with Crippen molar-refractivity contribution in [3.63, 3.8) is 0 Å². The van der Waals surface area contributed by atoms with Gasteiger partial charge in [-0.15, -0.1) is 0 Å². The van der Waals surface area contributed by atoms with Gasteiger partial charge in [-0.05, 0) is 103 Å². The minimum atomic E-state index is -0.615. The Morgan fingerprint density at radius 2 is 1.49 bits per heavy atom. The van der Waals surface area contributed by atoms with E-state index in [1.54, 1.807) is 17.2 Å². The highest BCUT2D eigenvalue weighted by Gasteiger charge is 2.39. The van der Waals surface area contributed by atoms with Crippen LogP contribution in [0.1, 0.15) is 85.5 Å². The van der Waals surface area contributed by atoms with Gasteiger partial charge in [0.15, 0.2) is 5.82 Å². The Balaban J connectivity index is 0.635. The van der Waals surface area contributed by atoms with Crippen LogP contribution in [0.25, 0.3) is 34.4 Å². The molecule has 1 N–H and O–H groups in total. The van der Waals surface area contributed by atoms with Crippen LogP contribution in [0.4, 0.5) is 0 Å². The summed E-state index contributed by atoms with van der Waals surface area (Å²) in [5.41, 5.74) is 9.80. The number of pyridine rings is 1. The number of rotatable bonds is 9. The summed E-state index contributed by atoms with van der Waals surface area (Å²) >= 11 is 0. The van der Waals surface area contributed by atoms with Crippen molar-refractivity contribution in [1.82, 2.24) is 39.9 Å². The maximum Gasteiger partial charge on any atom is 0.255 e. The van der Waals surface area contributed by atoms with Crippen molar-refractivity contribution in [2.24, 2.45) is 0 Å². The molecule has 1 atom stereocenters. The van der Waals surface area contributed by atoms with Gasteiger partial charge in [0.2, 0.25) is 11.8 Å². The van der Waals surface area contributed by atoms with Crippen LogP contribution >= 0.6 is 0 Å². The summed E-state index contributed by atoms with van der Waals surface area (Å²) in [6.45, 7) is 7.13. The van der Waals surface area contributed by atoms with Gasteiger partial charge in [-0.2, -0.15) is 0 Å². The number of piperazine rings is 1. The molecule has 6 heterocycles. The van der Waals surface area contributed by atoms with E-state index >= 15 is 0 Å². The normalized spacial score (nSPS) is 17.3. The second kappa shape index (κ2) is 20.0. The van der Waals surface area contributed by atoms with E-state index in [9.17, 15) is 19.2 Å². The molecule has 4 aliphatic heterocycles. The molecule has 0 spiro atoms. The molecule has 2 fully saturated rings. The zero-order valence-corrected chi connectivity index (χ0v) is 37.8. The average Bonchev–Trinajstić information content (AvgIpc) is 3.70. The van der Waals surface area contributed by atoms with Crippen molar-refractivity contribution < 1.29 is 19.2 Å². The highest BCUT2D eigenvalue weighted by molar-refractivity contribution is 6.05. The molecule has 68 heavy (non-hydrogen) atoms. The van der Waals surface area contributed by atoms with E-state index in [4.69, 9.17) is 4.98 Å². The van der Waals surface area contributed by atoms with Crippen LogP contribution in [0.15, 0.2) is 109 Å². The molecular formula is C56H50N8O4. The Labute approximate surface area is 396 Å². The Morgan fingerprint density at radius 1 is 0.735 bits per heavy atom. The van der Waals surface area contributed by atoms with E-state index in [-0.39, 0.29) is 24.1 Å². The van der Waals surface area contributed by atoms with Gasteiger partial charge in [-0.3, -0.25) is 34.4 Å². The summed E-state index contributed by atoms with van der Waals surface area (Å²) in [7, 11) is 0. The average molecular weight is 899 g/mol. The minimum absolute atomic E-state index is 0.00771. The Kier molecular flexibility index (Phi) is 13.0. The number of carbonyl (C=O) groups is 4. The smallest absolute Gasteiger partial charge is 0.255 e. The molecule has 10 rings (SSSR count). The fraction of sp³-hybridized carbons (Fsp3) is 0.268. The van der Waals surface area contributed by atoms with E-state index < -0.39 is 11.9 Å². The number of para-hydroxylation sites is 1. The van der Waals surface area contributed by atoms with E-state index in [1.165, 1.54) is 0 Å². The molecule has 0 saturated carbocycles. The summed E-state index contributed by atoms with van der Waals surface area (Å²) in [4.78, 5) is 72.9. The quantitative estimate of drug-likeness (QED) is 0.0737. The topological polar surface area (TPSA) is 132 Å². The summed E-state index contributed by atoms with van der Waals surface area (Å²) in [5.74, 6) is 13.0. The van der Waals surface area contributed by atoms with Gasteiger partial charge in [0.1, 0.15) is 6.04 Å². The maximum absolute atomic E-state index is 13.6. The second-order valence-electron chi connectivity index (χ2n) is 17.7. The van der Waals surface area contributed by atoms with Gasteiger partial charge in [-0.25, -0.2) is 9.97 Å². The standard InChI is InChI=1S/C56H50N8O4/c65-52-24-23-51(54(66)60-52)64-37-47-33-42(19-22-48(47)56(64)68)7-2-1-5-26-61-29-31-62(32-30-61)27-6-8-39-11-13-40(14-12-39)15-16-41-17-20-43(21-18-41)55(67)63-28-25-45-35-58-53(59-50(45)38-63)46-34-44-9-3-4-10-49(44)57-36-46/h3-4,9-22,33-36,51H,1,5,23-32,37-38H2,(H,60,65,66)/b16-15+. The van der Waals surface area contributed by atoms with Crippen molar-refractivity contribution in [2.75, 3.05) is 45.8 Å². The fourth-order valence-electron chi connectivity index (χ4n) is 9.23. The Bertz CT molecular complexity index is 3080. The Morgan fingerprint density at radius 3 is 2.29 bits per heavy atom. The molecule has 12 nitrogen and oxygen atoms in total. The molecule has 4 aromatic carbocycles. The summed E-state index contributed by atoms with van der Waals surface area (Å²) in [6, 6.07) is 31.1. The number of nitrogens with zero attached hydrogens (tertiary/aromatic N) is 7. The molecule has 0 bridgehead atoms. The van der Waals surface area contributed by atoms with Crippen LogP contribution in [0, 0.1) is 23.7 Å². The summed E-state index contributed by atoms with van der Waals surface area (Å²) < 4.78 is 0. The Hall–Kier alpha value is -7.77. The molecule has 6 aromatic rings. The monoisotopic (exact) mass is 898 g/mol. The fourth-order valence-corrected chi connectivity index (χ4v) is 9.23. The number of benzene rings is 4. The van der Waals surface area contributed by atoms with Gasteiger partial charge in [0, 0.05) is 97.7 Å². The maximum atomic E-state index is 13.6. The van der Waals surface area contributed by atoms with Crippen LogP contribution in [0.3, 0.4) is 0 Å². The number of hydrogen-bond acceptors (Lipinski definition) is 9. The van der Waals surface area contributed by atoms with Gasteiger partial charge in [0.25, 0.3) is 11.8 Å². The number of aromatic nitrogens is 3. The molecule has 1 unspecified atom stereocenters. The van der Waals surface area contributed by atoms with E-state index in [2.05, 4.69) is 91.3 Å². The van der Waals surface area contributed by atoms with Crippen LogP contribution in [-0.4, -0.2) is 110 Å². The zero-order valence-electron chi connectivity index (χ0n) is 37.8. The third-order valence-corrected chi connectivity index (χ3v) is 13.2. The first-order valence-electron chi connectivity index (χ1n) is 23.4. The van der Waals surface area contributed by atoms with Crippen LogP contribution in [0.5, 0.6) is 0 Å². The number of hydrogen-bond donors (Lipinski definition) is 1. The molecule has 338 valence electrons. The molecular weight excluding hydrogens is 849 g/mol. The summed E-state index contributed by atoms with van der Waals surface area (Å²) in [5, 5.41) is 3.39. The number of unbranched alkanes of at least 4 members (excludes halogenated alkanes) is 1. The van der Waals surface area contributed by atoms with Gasteiger partial charge in [0.05, 0.1) is 24.3 Å². The van der Waals surface area contributed by atoms with Crippen LogP contribution < -0.4 is 5.32 Å². The van der Waals surface area contributed by atoms with Gasteiger partial charge >= 0.3 is 0 Å². The second-order valence-corrected chi connectivity index (χ2v) is 17.7. The molecule has 2 aromatic heterocycles. The lowest BCUT2D eigenvalue weighted by Gasteiger charge is -2.33. The first kappa shape index (κ1) is 44.1. The highest BCUT2D eigenvalue weighted by Crippen LogP contribution is 2.29. The predicted octanol–water partition coefficient (Wildman–Crippen LogP) is 6.62. The van der Waals surface area contributed by atoms with Gasteiger partial charge < -0.3 is 14.7 Å². The molecule has 2 saturated heterocycles. The van der Waals surface area contributed by atoms with Crippen LogP contribution in [0.2, 0.25) is 0 Å². The molecule has 0 radical (unpaired) electrons. The molecule has 0 aliphatic carbocycles. The van der Waals surface area contributed by atoms with Crippen molar-refractivity contribution >= 4 is 46.7 Å². The summed E-state index contributed by atoms with van der Waals surface area (Å²) in [6.07, 6.45) is 10.9. The van der Waals surface area contributed by atoms with Crippen molar-refractivity contribution in [2.45, 2.75) is 51.2 Å². The van der Waals surface area contributed by atoms with Crippen molar-refractivity contribution in [3.05, 3.63) is 160 Å². The zero-order chi connectivity index (χ0) is 46.4.